The second-order valence-corrected chi connectivity index (χ2v) is 7.57. The van der Waals surface area contributed by atoms with Gasteiger partial charge in [-0.15, -0.1) is 0 Å². The van der Waals surface area contributed by atoms with Gasteiger partial charge in [0.1, 0.15) is 0 Å². The average Bonchev–Trinajstić information content (AvgIpc) is 2.75. The van der Waals surface area contributed by atoms with Gasteiger partial charge in [0.15, 0.2) is 6.29 Å². The van der Waals surface area contributed by atoms with E-state index in [1.165, 1.54) is 19.3 Å². The Morgan fingerprint density at radius 2 is 1.65 bits per heavy atom. The molecule has 0 radical (unpaired) electrons. The highest BCUT2D eigenvalue weighted by atomic mass is 16.7. The lowest BCUT2D eigenvalue weighted by atomic mass is 9.78. The smallest absolute Gasteiger partial charge is 0.399 e. The van der Waals surface area contributed by atoms with Crippen molar-refractivity contribution in [1.29, 1.82) is 0 Å². The number of benzene rings is 1. The fourth-order valence-corrected chi connectivity index (χ4v) is 3.19. The number of piperidine rings is 1. The second kappa shape index (κ2) is 5.95. The van der Waals surface area contributed by atoms with Crippen molar-refractivity contribution < 1.29 is 14.1 Å². The van der Waals surface area contributed by atoms with Gasteiger partial charge in [-0.2, -0.15) is 0 Å². The summed E-state index contributed by atoms with van der Waals surface area (Å²) >= 11 is 0. The van der Waals surface area contributed by atoms with Crippen molar-refractivity contribution in [2.45, 2.75) is 58.2 Å². The molecule has 0 aromatic heterocycles. The number of hydrogen-bond acceptors (Lipinski definition) is 4. The largest absolute Gasteiger partial charge is 0.494 e. The maximum Gasteiger partial charge on any atom is 0.494 e. The van der Waals surface area contributed by atoms with Gasteiger partial charge in [0.25, 0.3) is 0 Å². The van der Waals surface area contributed by atoms with E-state index in [1.54, 1.807) is 0 Å². The molecule has 0 atom stereocenters. The van der Waals surface area contributed by atoms with Gasteiger partial charge in [0, 0.05) is 24.3 Å². The Morgan fingerprint density at radius 1 is 1.04 bits per heavy atom. The monoisotopic (exact) mass is 315 g/mol. The highest BCUT2D eigenvalue weighted by Gasteiger charge is 2.51. The molecule has 0 spiro atoms. The second-order valence-electron chi connectivity index (χ2n) is 7.57. The predicted molar refractivity (Wildman–Crippen MR) is 93.6 cm³/mol. The fourth-order valence-electron chi connectivity index (χ4n) is 3.19. The van der Waals surface area contributed by atoms with E-state index in [9.17, 15) is 4.79 Å². The summed E-state index contributed by atoms with van der Waals surface area (Å²) in [5.74, 6) is 0. The van der Waals surface area contributed by atoms with E-state index in [-0.39, 0.29) is 18.3 Å². The molecule has 0 aliphatic carbocycles. The summed E-state index contributed by atoms with van der Waals surface area (Å²) in [6.07, 6.45) is 4.57. The molecule has 0 amide bonds. The zero-order valence-electron chi connectivity index (χ0n) is 14.6. The van der Waals surface area contributed by atoms with Crippen LogP contribution < -0.4 is 10.4 Å². The fraction of sp³-hybridized carbons (Fsp3) is 0.611. The van der Waals surface area contributed by atoms with Crippen molar-refractivity contribution in [2.75, 3.05) is 18.0 Å². The van der Waals surface area contributed by atoms with Crippen molar-refractivity contribution >= 4 is 24.6 Å². The number of nitrogens with zero attached hydrogens (tertiary/aromatic N) is 1. The van der Waals surface area contributed by atoms with Gasteiger partial charge in [-0.25, -0.2) is 0 Å². The van der Waals surface area contributed by atoms with E-state index < -0.39 is 0 Å². The summed E-state index contributed by atoms with van der Waals surface area (Å²) in [4.78, 5) is 13.7. The number of carbonyl (C=O) groups excluding carboxylic acids is 1. The molecule has 0 saturated carbocycles. The standard InChI is InChI=1S/C18H26BNO3/c1-17(2)18(3,4)23-19(22-17)15-9-8-14(13-21)16(12-15)20-10-6-5-7-11-20/h8-9,12-13H,5-7,10-11H2,1-4H3. The molecule has 0 unspecified atom stereocenters. The lowest BCUT2D eigenvalue weighted by Crippen LogP contribution is -2.41. The molecule has 4 nitrogen and oxygen atoms in total. The first-order valence-corrected chi connectivity index (χ1v) is 8.54. The Labute approximate surface area is 139 Å². The van der Waals surface area contributed by atoms with E-state index in [0.717, 1.165) is 36.1 Å². The molecule has 2 saturated heterocycles. The Kier molecular flexibility index (Phi) is 4.28. The Morgan fingerprint density at radius 3 is 2.22 bits per heavy atom. The minimum absolute atomic E-state index is 0.355. The summed E-state index contributed by atoms with van der Waals surface area (Å²) in [6, 6.07) is 5.90. The van der Waals surface area contributed by atoms with Gasteiger partial charge in [-0.05, 0) is 64.6 Å². The lowest BCUT2D eigenvalue weighted by molar-refractivity contribution is 0.00578. The maximum absolute atomic E-state index is 11.4. The highest BCUT2D eigenvalue weighted by Crippen LogP contribution is 2.36. The molecule has 124 valence electrons. The lowest BCUT2D eigenvalue weighted by Gasteiger charge is -2.32. The average molecular weight is 315 g/mol. The third kappa shape index (κ3) is 3.04. The minimum atomic E-state index is -0.385. The molecule has 2 fully saturated rings. The van der Waals surface area contributed by atoms with Gasteiger partial charge in [0.05, 0.1) is 11.2 Å². The molecule has 2 aliphatic heterocycles. The van der Waals surface area contributed by atoms with Crippen LogP contribution in [0.15, 0.2) is 18.2 Å². The molecule has 1 aromatic rings. The summed E-state index contributed by atoms with van der Waals surface area (Å²) in [7, 11) is -0.385. The summed E-state index contributed by atoms with van der Waals surface area (Å²) in [5.41, 5.74) is 2.02. The van der Waals surface area contributed by atoms with E-state index in [4.69, 9.17) is 9.31 Å². The van der Waals surface area contributed by atoms with E-state index in [2.05, 4.69) is 38.7 Å². The predicted octanol–water partition coefficient (Wildman–Crippen LogP) is 2.79. The summed E-state index contributed by atoms with van der Waals surface area (Å²) in [5, 5.41) is 0. The van der Waals surface area contributed by atoms with Crippen LogP contribution in [0.25, 0.3) is 0 Å². The number of hydrogen-bond donors (Lipinski definition) is 0. The van der Waals surface area contributed by atoms with Gasteiger partial charge >= 0.3 is 7.12 Å². The first-order valence-electron chi connectivity index (χ1n) is 8.54. The molecule has 23 heavy (non-hydrogen) atoms. The van der Waals surface area contributed by atoms with Crippen LogP contribution in [0.5, 0.6) is 0 Å². The molecule has 2 heterocycles. The molecule has 3 rings (SSSR count). The zero-order valence-corrected chi connectivity index (χ0v) is 14.6. The first kappa shape index (κ1) is 16.5. The molecular weight excluding hydrogens is 289 g/mol. The van der Waals surface area contributed by atoms with Gasteiger partial charge in [-0.1, -0.05) is 6.07 Å². The van der Waals surface area contributed by atoms with Crippen molar-refractivity contribution in [3.05, 3.63) is 23.8 Å². The van der Waals surface area contributed by atoms with Crippen LogP contribution >= 0.6 is 0 Å². The summed E-state index contributed by atoms with van der Waals surface area (Å²) < 4.78 is 12.3. The first-order chi connectivity index (χ1) is 10.8. The number of carbonyl (C=O) groups is 1. The van der Waals surface area contributed by atoms with Crippen molar-refractivity contribution in [1.82, 2.24) is 0 Å². The third-order valence-corrected chi connectivity index (χ3v) is 5.40. The van der Waals surface area contributed by atoms with Gasteiger partial charge < -0.3 is 14.2 Å². The van der Waals surface area contributed by atoms with Crippen LogP contribution in [-0.4, -0.2) is 37.7 Å². The molecule has 5 heteroatoms. The van der Waals surface area contributed by atoms with Crippen LogP contribution in [0.1, 0.15) is 57.3 Å². The van der Waals surface area contributed by atoms with Crippen molar-refractivity contribution in [3.8, 4) is 0 Å². The summed E-state index contributed by atoms with van der Waals surface area (Å²) in [6.45, 7) is 10.2. The Hall–Kier alpha value is -1.33. The third-order valence-electron chi connectivity index (χ3n) is 5.40. The molecule has 1 aromatic carbocycles. The van der Waals surface area contributed by atoms with Crippen LogP contribution in [0.4, 0.5) is 5.69 Å². The topological polar surface area (TPSA) is 38.8 Å². The van der Waals surface area contributed by atoms with E-state index in [1.807, 2.05) is 12.1 Å². The molecule has 0 bridgehead atoms. The normalized spacial score (nSPS) is 23.1. The van der Waals surface area contributed by atoms with Crippen LogP contribution in [0.3, 0.4) is 0 Å². The highest BCUT2D eigenvalue weighted by molar-refractivity contribution is 6.62. The number of aldehydes is 1. The Bertz CT molecular complexity index is 578. The van der Waals surface area contributed by atoms with Crippen molar-refractivity contribution in [3.63, 3.8) is 0 Å². The zero-order chi connectivity index (χ0) is 16.7. The van der Waals surface area contributed by atoms with Gasteiger partial charge in [-0.3, -0.25) is 4.79 Å². The van der Waals surface area contributed by atoms with Gasteiger partial charge in [0.2, 0.25) is 0 Å². The SMILES string of the molecule is CC1(C)OB(c2ccc(C=O)c(N3CCCCC3)c2)OC1(C)C. The quantitative estimate of drug-likeness (QED) is 0.635. The molecular formula is C18H26BNO3. The molecule has 0 N–H and O–H groups in total. The Balaban J connectivity index is 1.91. The maximum atomic E-state index is 11.4. The number of anilines is 1. The van der Waals surface area contributed by atoms with Crippen LogP contribution in [-0.2, 0) is 9.31 Å². The van der Waals surface area contributed by atoms with E-state index in [0.29, 0.717) is 0 Å². The minimum Gasteiger partial charge on any atom is -0.399 e. The van der Waals surface area contributed by atoms with E-state index >= 15 is 0 Å². The van der Waals surface area contributed by atoms with Crippen LogP contribution in [0.2, 0.25) is 0 Å². The molecule has 2 aliphatic rings. The van der Waals surface area contributed by atoms with Crippen molar-refractivity contribution in [2.24, 2.45) is 0 Å². The number of rotatable bonds is 3. The van der Waals surface area contributed by atoms with Crippen LogP contribution in [0, 0.1) is 0 Å².